The highest BCUT2D eigenvalue weighted by Crippen LogP contribution is 2.53. The number of rotatable bonds is 3. The number of carbonyl (C=O) groups is 1. The van der Waals surface area contributed by atoms with Crippen molar-refractivity contribution in [2.75, 3.05) is 0 Å². The molecule has 2 bridgehead atoms. The van der Waals surface area contributed by atoms with Crippen LogP contribution < -0.4 is 0 Å². The summed E-state index contributed by atoms with van der Waals surface area (Å²) in [5, 5.41) is 0. The first-order chi connectivity index (χ1) is 10.3. The highest BCUT2D eigenvalue weighted by atomic mass is 16.1. The van der Waals surface area contributed by atoms with E-state index in [-0.39, 0.29) is 5.78 Å². The molecule has 4 rings (SSSR count). The topological polar surface area (TPSA) is 17.1 Å². The van der Waals surface area contributed by atoms with E-state index in [0.29, 0.717) is 5.92 Å². The number of carbonyl (C=O) groups excluding carboxylic acids is 1. The molecule has 2 aliphatic carbocycles. The summed E-state index contributed by atoms with van der Waals surface area (Å²) < 4.78 is 0. The molecule has 0 spiro atoms. The molecule has 106 valence electrons. The molecule has 3 unspecified atom stereocenters. The van der Waals surface area contributed by atoms with Crippen molar-refractivity contribution in [3.05, 3.63) is 71.3 Å². The van der Waals surface area contributed by atoms with Crippen LogP contribution in [-0.4, -0.2) is 5.78 Å². The van der Waals surface area contributed by atoms with Crippen LogP contribution >= 0.6 is 0 Å². The summed E-state index contributed by atoms with van der Waals surface area (Å²) >= 11 is 0. The van der Waals surface area contributed by atoms with E-state index in [0.717, 1.165) is 23.0 Å². The van der Waals surface area contributed by atoms with E-state index in [1.807, 2.05) is 42.5 Å². The highest BCUT2D eigenvalue weighted by molar-refractivity contribution is 6.10. The number of hydrogen-bond acceptors (Lipinski definition) is 1. The van der Waals surface area contributed by atoms with Gasteiger partial charge in [0.2, 0.25) is 0 Å². The fraction of sp³-hybridized carbons (Fsp3) is 0.350. The zero-order valence-corrected chi connectivity index (χ0v) is 12.2. The van der Waals surface area contributed by atoms with Crippen LogP contribution in [0.25, 0.3) is 0 Å². The molecular formula is C20H20O. The molecule has 0 aliphatic heterocycles. The largest absolute Gasteiger partial charge is 0.289 e. The molecule has 2 aromatic carbocycles. The Morgan fingerprint density at radius 2 is 1.62 bits per heavy atom. The Bertz CT molecular complexity index is 659. The van der Waals surface area contributed by atoms with Crippen molar-refractivity contribution >= 4 is 5.78 Å². The lowest BCUT2D eigenvalue weighted by Crippen LogP contribution is -2.14. The van der Waals surface area contributed by atoms with Crippen LogP contribution in [0.5, 0.6) is 0 Å². The van der Waals surface area contributed by atoms with Crippen molar-refractivity contribution in [1.29, 1.82) is 0 Å². The van der Waals surface area contributed by atoms with Crippen LogP contribution in [0.3, 0.4) is 0 Å². The average Bonchev–Trinajstić information content (AvgIpc) is 3.18. The summed E-state index contributed by atoms with van der Waals surface area (Å²) in [4.78, 5) is 12.8. The third-order valence-electron chi connectivity index (χ3n) is 5.38. The molecule has 2 aliphatic rings. The Morgan fingerprint density at radius 1 is 0.857 bits per heavy atom. The third kappa shape index (κ3) is 2.21. The maximum Gasteiger partial charge on any atom is 0.193 e. The van der Waals surface area contributed by atoms with Gasteiger partial charge in [0.05, 0.1) is 0 Å². The van der Waals surface area contributed by atoms with Gasteiger partial charge in [0, 0.05) is 11.1 Å². The first-order valence-corrected chi connectivity index (χ1v) is 8.01. The lowest BCUT2D eigenvalue weighted by atomic mass is 9.80. The zero-order valence-electron chi connectivity index (χ0n) is 12.2. The summed E-state index contributed by atoms with van der Waals surface area (Å²) in [7, 11) is 0. The molecule has 2 aromatic rings. The van der Waals surface area contributed by atoms with Crippen LogP contribution in [-0.2, 0) is 0 Å². The second-order valence-corrected chi connectivity index (χ2v) is 6.56. The smallest absolute Gasteiger partial charge is 0.193 e. The summed E-state index contributed by atoms with van der Waals surface area (Å²) in [6.07, 6.45) is 5.40. The molecule has 0 radical (unpaired) electrons. The zero-order chi connectivity index (χ0) is 14.2. The first kappa shape index (κ1) is 12.8. The van der Waals surface area contributed by atoms with Gasteiger partial charge in [-0.1, -0.05) is 61.0 Å². The van der Waals surface area contributed by atoms with Gasteiger partial charge in [-0.2, -0.15) is 0 Å². The Balaban J connectivity index is 1.72. The van der Waals surface area contributed by atoms with Crippen LogP contribution in [0.15, 0.2) is 54.6 Å². The van der Waals surface area contributed by atoms with E-state index in [2.05, 4.69) is 12.1 Å². The number of ketones is 1. The van der Waals surface area contributed by atoms with Gasteiger partial charge in [-0.25, -0.2) is 0 Å². The van der Waals surface area contributed by atoms with E-state index in [1.54, 1.807) is 0 Å². The second-order valence-electron chi connectivity index (χ2n) is 6.56. The monoisotopic (exact) mass is 276 g/mol. The Labute approximate surface area is 126 Å². The summed E-state index contributed by atoms with van der Waals surface area (Å²) in [5.74, 6) is 2.49. The molecule has 0 heterocycles. The van der Waals surface area contributed by atoms with Crippen LogP contribution in [0.2, 0.25) is 0 Å². The molecule has 2 saturated carbocycles. The molecule has 1 nitrogen and oxygen atoms in total. The Kier molecular flexibility index (Phi) is 3.14. The van der Waals surface area contributed by atoms with Gasteiger partial charge in [0.1, 0.15) is 0 Å². The fourth-order valence-corrected chi connectivity index (χ4v) is 4.40. The van der Waals surface area contributed by atoms with E-state index in [9.17, 15) is 4.79 Å². The number of benzene rings is 2. The third-order valence-corrected chi connectivity index (χ3v) is 5.38. The standard InChI is InChI=1S/C20H20O/c21-20(15-6-2-1-3-7-15)18-9-5-4-8-17(18)19-13-14-10-11-16(19)12-14/h1-9,14,16,19H,10-13H2. The van der Waals surface area contributed by atoms with Crippen molar-refractivity contribution in [3.8, 4) is 0 Å². The maximum atomic E-state index is 12.8. The lowest BCUT2D eigenvalue weighted by Gasteiger charge is -2.24. The van der Waals surface area contributed by atoms with Crippen molar-refractivity contribution in [2.45, 2.75) is 31.6 Å². The summed E-state index contributed by atoms with van der Waals surface area (Å²) in [6.45, 7) is 0. The minimum Gasteiger partial charge on any atom is -0.289 e. The number of hydrogen-bond donors (Lipinski definition) is 0. The van der Waals surface area contributed by atoms with Crippen molar-refractivity contribution in [2.24, 2.45) is 11.8 Å². The highest BCUT2D eigenvalue weighted by Gasteiger charge is 2.41. The lowest BCUT2D eigenvalue weighted by molar-refractivity contribution is 0.103. The predicted molar refractivity (Wildman–Crippen MR) is 84.5 cm³/mol. The molecule has 21 heavy (non-hydrogen) atoms. The van der Waals surface area contributed by atoms with Gasteiger partial charge in [0.15, 0.2) is 5.78 Å². The second kappa shape index (κ2) is 5.14. The SMILES string of the molecule is O=C(c1ccccc1)c1ccccc1C1CC2CCC1C2. The van der Waals surface area contributed by atoms with Gasteiger partial charge in [0.25, 0.3) is 0 Å². The van der Waals surface area contributed by atoms with E-state index < -0.39 is 0 Å². The molecule has 1 heteroatoms. The van der Waals surface area contributed by atoms with Gasteiger partial charge in [-0.15, -0.1) is 0 Å². The quantitative estimate of drug-likeness (QED) is 0.734. The normalized spacial score (nSPS) is 27.0. The molecule has 0 aromatic heterocycles. The first-order valence-electron chi connectivity index (χ1n) is 8.01. The Hall–Kier alpha value is -1.89. The van der Waals surface area contributed by atoms with Gasteiger partial charge >= 0.3 is 0 Å². The minimum atomic E-state index is 0.175. The van der Waals surface area contributed by atoms with E-state index >= 15 is 0 Å². The average molecular weight is 276 g/mol. The molecule has 3 atom stereocenters. The maximum absolute atomic E-state index is 12.8. The fourth-order valence-electron chi connectivity index (χ4n) is 4.40. The van der Waals surface area contributed by atoms with Gasteiger partial charge in [-0.3, -0.25) is 4.79 Å². The van der Waals surface area contributed by atoms with Crippen LogP contribution in [0.1, 0.15) is 53.1 Å². The molecular weight excluding hydrogens is 256 g/mol. The van der Waals surface area contributed by atoms with Crippen LogP contribution in [0.4, 0.5) is 0 Å². The van der Waals surface area contributed by atoms with Gasteiger partial charge < -0.3 is 0 Å². The summed E-state index contributed by atoms with van der Waals surface area (Å²) in [5.41, 5.74) is 3.01. The molecule has 0 amide bonds. The van der Waals surface area contributed by atoms with Crippen molar-refractivity contribution < 1.29 is 4.79 Å². The van der Waals surface area contributed by atoms with E-state index in [1.165, 1.54) is 31.2 Å². The van der Waals surface area contributed by atoms with E-state index in [4.69, 9.17) is 0 Å². The van der Waals surface area contributed by atoms with Gasteiger partial charge in [-0.05, 0) is 42.6 Å². The van der Waals surface area contributed by atoms with Crippen LogP contribution in [0, 0.1) is 11.8 Å². The Morgan fingerprint density at radius 3 is 2.33 bits per heavy atom. The molecule has 0 N–H and O–H groups in total. The minimum absolute atomic E-state index is 0.175. The number of fused-ring (bicyclic) bond motifs is 2. The predicted octanol–water partition coefficient (Wildman–Crippen LogP) is 4.82. The summed E-state index contributed by atoms with van der Waals surface area (Å²) in [6, 6.07) is 17.9. The molecule has 2 fully saturated rings. The van der Waals surface area contributed by atoms with Crippen molar-refractivity contribution in [3.63, 3.8) is 0 Å². The molecule has 0 saturated heterocycles. The van der Waals surface area contributed by atoms with Crippen molar-refractivity contribution in [1.82, 2.24) is 0 Å².